The van der Waals surface area contributed by atoms with Crippen molar-refractivity contribution in [3.63, 3.8) is 0 Å². The van der Waals surface area contributed by atoms with E-state index < -0.39 is 0 Å². The summed E-state index contributed by atoms with van der Waals surface area (Å²) in [4.78, 5) is 0. The lowest BCUT2D eigenvalue weighted by Gasteiger charge is -2.35. The van der Waals surface area contributed by atoms with E-state index in [1.807, 2.05) is 11.6 Å². The third-order valence-electron chi connectivity index (χ3n) is 4.30. The summed E-state index contributed by atoms with van der Waals surface area (Å²) in [5.74, 6) is 1.01. The summed E-state index contributed by atoms with van der Waals surface area (Å²) in [6.45, 7) is 11.0. The number of nitrogens with one attached hydrogen (secondary N) is 1. The first-order valence-electron chi connectivity index (χ1n) is 7.41. The molecule has 1 saturated carbocycles. The van der Waals surface area contributed by atoms with Crippen LogP contribution in [0.2, 0.25) is 0 Å². The third-order valence-corrected chi connectivity index (χ3v) is 4.30. The normalized spacial score (nSPS) is 19.9. The summed E-state index contributed by atoms with van der Waals surface area (Å²) in [7, 11) is 0. The molecule has 1 aliphatic carbocycles. The number of rotatable bonds is 3. The molecule has 0 aromatic carbocycles. The smallest absolute Gasteiger partial charge is 0.148 e. The molecule has 1 fully saturated rings. The van der Waals surface area contributed by atoms with Crippen LogP contribution in [0, 0.1) is 12.3 Å². The van der Waals surface area contributed by atoms with E-state index in [1.54, 1.807) is 0 Å². The Labute approximate surface area is 116 Å². The van der Waals surface area contributed by atoms with Gasteiger partial charge in [-0.3, -0.25) is 0 Å². The first-order valence-corrected chi connectivity index (χ1v) is 7.41. The highest BCUT2D eigenvalue weighted by atomic mass is 15.4. The molecule has 2 rings (SSSR count). The molecular formula is C15H28N4. The molecule has 0 aliphatic heterocycles. The third kappa shape index (κ3) is 3.04. The molecule has 0 spiro atoms. The average Bonchev–Trinajstić information content (AvgIpc) is 2.60. The van der Waals surface area contributed by atoms with Crippen LogP contribution in [0.25, 0.3) is 0 Å². The summed E-state index contributed by atoms with van der Waals surface area (Å²) in [5.41, 5.74) is 8.39. The van der Waals surface area contributed by atoms with Crippen molar-refractivity contribution < 1.29 is 0 Å². The van der Waals surface area contributed by atoms with E-state index in [4.69, 9.17) is 5.73 Å². The molecule has 108 valence electrons. The molecule has 4 nitrogen and oxygen atoms in total. The SMILES string of the molecule is Cc1nn(C(C)C)c(NC2CCC(C)(C)CC2)c1N. The average molecular weight is 264 g/mol. The number of nitrogens with zero attached hydrogens (tertiary/aromatic N) is 2. The highest BCUT2D eigenvalue weighted by molar-refractivity contribution is 5.65. The fourth-order valence-electron chi connectivity index (χ4n) is 2.81. The minimum atomic E-state index is 0.332. The lowest BCUT2D eigenvalue weighted by molar-refractivity contribution is 0.232. The molecular weight excluding hydrogens is 236 g/mol. The maximum absolute atomic E-state index is 6.17. The first kappa shape index (κ1) is 14.2. The lowest BCUT2D eigenvalue weighted by atomic mass is 9.75. The van der Waals surface area contributed by atoms with E-state index in [2.05, 4.69) is 38.1 Å². The highest BCUT2D eigenvalue weighted by Crippen LogP contribution is 2.37. The predicted molar refractivity (Wildman–Crippen MR) is 81.4 cm³/mol. The van der Waals surface area contributed by atoms with Crippen LogP contribution in [0.15, 0.2) is 0 Å². The quantitative estimate of drug-likeness (QED) is 0.874. The summed E-state index contributed by atoms with van der Waals surface area (Å²) >= 11 is 0. The molecule has 19 heavy (non-hydrogen) atoms. The molecule has 1 aromatic heterocycles. The number of aryl methyl sites for hydroxylation is 1. The number of nitrogen functional groups attached to an aromatic ring is 1. The zero-order chi connectivity index (χ0) is 14.2. The van der Waals surface area contributed by atoms with Gasteiger partial charge in [0.25, 0.3) is 0 Å². The Morgan fingerprint density at radius 1 is 1.32 bits per heavy atom. The van der Waals surface area contributed by atoms with Crippen molar-refractivity contribution in [2.45, 2.75) is 72.4 Å². The van der Waals surface area contributed by atoms with Crippen LogP contribution in [0.1, 0.15) is 65.1 Å². The topological polar surface area (TPSA) is 55.9 Å². The van der Waals surface area contributed by atoms with Crippen LogP contribution >= 0.6 is 0 Å². The molecule has 1 heterocycles. The molecule has 1 aliphatic rings. The van der Waals surface area contributed by atoms with Crippen LogP contribution in [0.3, 0.4) is 0 Å². The van der Waals surface area contributed by atoms with E-state index in [1.165, 1.54) is 25.7 Å². The molecule has 4 heteroatoms. The van der Waals surface area contributed by atoms with Gasteiger partial charge in [-0.2, -0.15) is 5.10 Å². The monoisotopic (exact) mass is 264 g/mol. The zero-order valence-corrected chi connectivity index (χ0v) is 13.0. The number of anilines is 2. The lowest BCUT2D eigenvalue weighted by Crippen LogP contribution is -2.31. The molecule has 0 atom stereocenters. The van der Waals surface area contributed by atoms with Crippen molar-refractivity contribution >= 4 is 11.5 Å². The Balaban J connectivity index is 2.11. The molecule has 0 saturated heterocycles. The second-order valence-corrected chi connectivity index (χ2v) is 6.97. The minimum absolute atomic E-state index is 0.332. The van der Waals surface area contributed by atoms with Gasteiger partial charge in [0.15, 0.2) is 0 Å². The minimum Gasteiger partial charge on any atom is -0.394 e. The Morgan fingerprint density at radius 2 is 1.89 bits per heavy atom. The Hall–Kier alpha value is -1.19. The van der Waals surface area contributed by atoms with Gasteiger partial charge in [0.05, 0.1) is 11.4 Å². The van der Waals surface area contributed by atoms with Crippen molar-refractivity contribution in [1.29, 1.82) is 0 Å². The van der Waals surface area contributed by atoms with Crippen LogP contribution in [-0.4, -0.2) is 15.8 Å². The number of aromatic nitrogens is 2. The van der Waals surface area contributed by atoms with Gasteiger partial charge >= 0.3 is 0 Å². The number of nitrogens with two attached hydrogens (primary N) is 1. The molecule has 0 bridgehead atoms. The van der Waals surface area contributed by atoms with Gasteiger partial charge in [-0.15, -0.1) is 0 Å². The van der Waals surface area contributed by atoms with Crippen LogP contribution in [0.4, 0.5) is 11.5 Å². The summed E-state index contributed by atoms with van der Waals surface area (Å²) in [6, 6.07) is 0.863. The molecule has 0 radical (unpaired) electrons. The summed E-state index contributed by atoms with van der Waals surface area (Å²) < 4.78 is 2.02. The fourth-order valence-corrected chi connectivity index (χ4v) is 2.81. The largest absolute Gasteiger partial charge is 0.394 e. The van der Waals surface area contributed by atoms with Crippen molar-refractivity contribution in [3.8, 4) is 0 Å². The van der Waals surface area contributed by atoms with Crippen molar-refractivity contribution in [2.75, 3.05) is 11.1 Å². The van der Waals surface area contributed by atoms with Gasteiger partial charge in [0.2, 0.25) is 0 Å². The van der Waals surface area contributed by atoms with Crippen molar-refractivity contribution in [3.05, 3.63) is 5.69 Å². The molecule has 0 amide bonds. The van der Waals surface area contributed by atoms with E-state index in [-0.39, 0.29) is 0 Å². The fraction of sp³-hybridized carbons (Fsp3) is 0.800. The van der Waals surface area contributed by atoms with Gasteiger partial charge < -0.3 is 11.1 Å². The van der Waals surface area contributed by atoms with Crippen molar-refractivity contribution in [1.82, 2.24) is 9.78 Å². The standard InChI is InChI=1S/C15H28N4/c1-10(2)19-14(13(16)11(3)18-19)17-12-6-8-15(4,5)9-7-12/h10,12,17H,6-9,16H2,1-5H3. The van der Waals surface area contributed by atoms with E-state index >= 15 is 0 Å². The van der Waals surface area contributed by atoms with Gasteiger partial charge in [0, 0.05) is 12.1 Å². The number of hydrogen-bond donors (Lipinski definition) is 2. The van der Waals surface area contributed by atoms with E-state index in [0.717, 1.165) is 17.2 Å². The van der Waals surface area contributed by atoms with Crippen LogP contribution in [0.5, 0.6) is 0 Å². The predicted octanol–water partition coefficient (Wildman–Crippen LogP) is 3.74. The zero-order valence-electron chi connectivity index (χ0n) is 13.0. The molecule has 3 N–H and O–H groups in total. The number of hydrogen-bond acceptors (Lipinski definition) is 3. The van der Waals surface area contributed by atoms with E-state index in [0.29, 0.717) is 17.5 Å². The highest BCUT2D eigenvalue weighted by Gasteiger charge is 2.28. The van der Waals surface area contributed by atoms with Gasteiger partial charge in [-0.25, -0.2) is 4.68 Å². The van der Waals surface area contributed by atoms with Crippen LogP contribution in [-0.2, 0) is 0 Å². The Bertz CT molecular complexity index is 435. The maximum atomic E-state index is 6.17. The summed E-state index contributed by atoms with van der Waals surface area (Å²) in [5, 5.41) is 8.17. The van der Waals surface area contributed by atoms with Gasteiger partial charge in [-0.05, 0) is 51.9 Å². The Kier molecular flexibility index (Phi) is 3.79. The second-order valence-electron chi connectivity index (χ2n) is 6.97. The first-order chi connectivity index (χ1) is 8.80. The van der Waals surface area contributed by atoms with Crippen molar-refractivity contribution in [2.24, 2.45) is 5.41 Å². The van der Waals surface area contributed by atoms with E-state index in [9.17, 15) is 0 Å². The van der Waals surface area contributed by atoms with Crippen LogP contribution < -0.4 is 11.1 Å². The molecule has 1 aromatic rings. The second kappa shape index (κ2) is 5.06. The Morgan fingerprint density at radius 3 is 2.42 bits per heavy atom. The van der Waals surface area contributed by atoms with Gasteiger partial charge in [-0.1, -0.05) is 13.8 Å². The summed E-state index contributed by atoms with van der Waals surface area (Å²) in [6.07, 6.45) is 4.99. The van der Waals surface area contributed by atoms with Gasteiger partial charge in [0.1, 0.15) is 5.82 Å². The maximum Gasteiger partial charge on any atom is 0.148 e. The molecule has 0 unspecified atom stereocenters.